The quantitative estimate of drug-likeness (QED) is 0.684. The zero-order valence-electron chi connectivity index (χ0n) is 12.3. The van der Waals surface area contributed by atoms with Gasteiger partial charge in [0.25, 0.3) is 0 Å². The van der Waals surface area contributed by atoms with Crippen molar-refractivity contribution in [1.29, 1.82) is 0 Å². The predicted octanol–water partition coefficient (Wildman–Crippen LogP) is 5.40. The van der Waals surface area contributed by atoms with Crippen molar-refractivity contribution in [2.75, 3.05) is 0 Å². The van der Waals surface area contributed by atoms with E-state index in [-0.39, 0.29) is 0 Å². The lowest BCUT2D eigenvalue weighted by Crippen LogP contribution is -1.97. The summed E-state index contributed by atoms with van der Waals surface area (Å²) in [7, 11) is 0. The Morgan fingerprint density at radius 1 is 0.947 bits per heavy atom. The zero-order chi connectivity index (χ0) is 13.8. The first-order valence-corrected chi connectivity index (χ1v) is 6.96. The van der Waals surface area contributed by atoms with E-state index < -0.39 is 0 Å². The first kappa shape index (κ1) is 13.6. The molecular weight excluding hydrogens is 228 g/mol. The molecule has 0 aromatic heterocycles. The van der Waals surface area contributed by atoms with E-state index in [2.05, 4.69) is 76.2 Å². The Kier molecular flexibility index (Phi) is 4.21. The van der Waals surface area contributed by atoms with Gasteiger partial charge in [0.05, 0.1) is 0 Å². The fourth-order valence-electron chi connectivity index (χ4n) is 2.55. The van der Waals surface area contributed by atoms with Crippen molar-refractivity contribution in [3.8, 4) is 0 Å². The van der Waals surface area contributed by atoms with Crippen LogP contribution in [-0.4, -0.2) is 0 Å². The number of rotatable bonds is 3. The molecule has 0 bridgehead atoms. The molecule has 0 spiro atoms. The first-order chi connectivity index (χ1) is 9.13. The summed E-state index contributed by atoms with van der Waals surface area (Å²) in [4.78, 5) is 0. The zero-order valence-corrected chi connectivity index (χ0v) is 12.3. The highest BCUT2D eigenvalue weighted by atomic mass is 14.1. The number of hydrogen-bond donors (Lipinski definition) is 0. The van der Waals surface area contributed by atoms with Crippen LogP contribution in [0.15, 0.2) is 54.1 Å². The van der Waals surface area contributed by atoms with Gasteiger partial charge in [-0.15, -0.1) is 0 Å². The van der Waals surface area contributed by atoms with Gasteiger partial charge in [0.15, 0.2) is 0 Å². The summed E-state index contributed by atoms with van der Waals surface area (Å²) in [5.41, 5.74) is 8.18. The van der Waals surface area contributed by atoms with Crippen LogP contribution in [0.3, 0.4) is 0 Å². The average Bonchev–Trinajstić information content (AvgIpc) is 2.40. The molecule has 0 N–H and O–H groups in total. The highest BCUT2D eigenvalue weighted by Gasteiger charge is 2.10. The molecule has 0 saturated carbocycles. The highest BCUT2D eigenvalue weighted by Crippen LogP contribution is 2.30. The van der Waals surface area contributed by atoms with E-state index >= 15 is 0 Å². The van der Waals surface area contributed by atoms with Gasteiger partial charge in [0, 0.05) is 0 Å². The van der Waals surface area contributed by atoms with Crippen molar-refractivity contribution in [3.63, 3.8) is 0 Å². The summed E-state index contributed by atoms with van der Waals surface area (Å²) in [5, 5.41) is 0. The fraction of sp³-hybridized carbons (Fsp3) is 0.263. The van der Waals surface area contributed by atoms with Crippen LogP contribution < -0.4 is 0 Å². The van der Waals surface area contributed by atoms with Crippen molar-refractivity contribution < 1.29 is 0 Å². The molecule has 0 unspecified atom stereocenters. The van der Waals surface area contributed by atoms with Crippen molar-refractivity contribution in [1.82, 2.24) is 0 Å². The summed E-state index contributed by atoms with van der Waals surface area (Å²) in [6.07, 6.45) is 1.07. The molecule has 0 saturated heterocycles. The van der Waals surface area contributed by atoms with Crippen LogP contribution in [0.2, 0.25) is 0 Å². The van der Waals surface area contributed by atoms with E-state index in [0.717, 1.165) is 6.42 Å². The number of benzene rings is 2. The Morgan fingerprint density at radius 3 is 2.21 bits per heavy atom. The molecule has 0 amide bonds. The van der Waals surface area contributed by atoms with E-state index in [0.29, 0.717) is 0 Å². The Hall–Kier alpha value is -1.82. The molecule has 2 aromatic carbocycles. The average molecular weight is 250 g/mol. The monoisotopic (exact) mass is 250 g/mol. The van der Waals surface area contributed by atoms with E-state index in [9.17, 15) is 0 Å². The molecule has 0 nitrogen and oxygen atoms in total. The third-order valence-electron chi connectivity index (χ3n) is 3.48. The number of hydrogen-bond acceptors (Lipinski definition) is 0. The van der Waals surface area contributed by atoms with Gasteiger partial charge in [-0.2, -0.15) is 0 Å². The summed E-state index contributed by atoms with van der Waals surface area (Å²) in [6, 6.07) is 17.5. The molecular formula is C19H22. The summed E-state index contributed by atoms with van der Waals surface area (Å²) < 4.78 is 0. The largest absolute Gasteiger partial charge is 0.0680 e. The minimum atomic E-state index is 1.07. The lowest BCUT2D eigenvalue weighted by Gasteiger charge is -2.16. The second kappa shape index (κ2) is 5.88. The van der Waals surface area contributed by atoms with Crippen molar-refractivity contribution in [2.24, 2.45) is 0 Å². The Labute approximate surface area is 116 Å². The van der Waals surface area contributed by atoms with Crippen LogP contribution in [0.25, 0.3) is 5.57 Å². The van der Waals surface area contributed by atoms with Gasteiger partial charge >= 0.3 is 0 Å². The fourth-order valence-corrected chi connectivity index (χ4v) is 2.55. The van der Waals surface area contributed by atoms with Gasteiger partial charge in [-0.05, 0) is 49.5 Å². The van der Waals surface area contributed by atoms with Crippen molar-refractivity contribution in [3.05, 3.63) is 76.4 Å². The van der Waals surface area contributed by atoms with Crippen LogP contribution in [0.1, 0.15) is 43.0 Å². The second-order valence-corrected chi connectivity index (χ2v) is 5.26. The van der Waals surface area contributed by atoms with Gasteiger partial charge in [-0.3, -0.25) is 0 Å². The highest BCUT2D eigenvalue weighted by molar-refractivity contribution is 5.83. The molecule has 98 valence electrons. The SMILES string of the molecule is CCc1ccc(C)cc1C(=C(C)C)c1ccccc1. The third kappa shape index (κ3) is 2.96. The Balaban J connectivity index is 2.66. The van der Waals surface area contributed by atoms with Gasteiger partial charge < -0.3 is 0 Å². The maximum atomic E-state index is 2.31. The van der Waals surface area contributed by atoms with E-state index in [1.54, 1.807) is 0 Å². The maximum absolute atomic E-state index is 2.31. The second-order valence-electron chi connectivity index (χ2n) is 5.26. The Morgan fingerprint density at radius 2 is 1.63 bits per heavy atom. The van der Waals surface area contributed by atoms with E-state index in [1.807, 2.05) is 0 Å². The lowest BCUT2D eigenvalue weighted by molar-refractivity contribution is 1.12. The first-order valence-electron chi connectivity index (χ1n) is 6.96. The Bertz CT molecular complexity index is 585. The molecule has 0 fully saturated rings. The smallest absolute Gasteiger partial charge is 0.0122 e. The molecule has 0 radical (unpaired) electrons. The maximum Gasteiger partial charge on any atom is -0.0122 e. The van der Waals surface area contributed by atoms with Crippen LogP contribution in [0.4, 0.5) is 0 Å². The summed E-state index contributed by atoms with van der Waals surface area (Å²) in [5.74, 6) is 0. The standard InChI is InChI=1S/C19H22/c1-5-16-12-11-15(4)13-18(16)19(14(2)3)17-9-7-6-8-10-17/h6-13H,5H2,1-4H3. The van der Waals surface area contributed by atoms with Gasteiger partial charge in [0.2, 0.25) is 0 Å². The van der Waals surface area contributed by atoms with Gasteiger partial charge in [-0.25, -0.2) is 0 Å². The number of allylic oxidation sites excluding steroid dienone is 1. The molecule has 0 aliphatic carbocycles. The van der Waals surface area contributed by atoms with Crippen molar-refractivity contribution >= 4 is 5.57 Å². The topological polar surface area (TPSA) is 0 Å². The normalized spacial score (nSPS) is 10.3. The van der Waals surface area contributed by atoms with Crippen LogP contribution in [0, 0.1) is 6.92 Å². The molecule has 0 aliphatic rings. The van der Waals surface area contributed by atoms with Crippen molar-refractivity contribution in [2.45, 2.75) is 34.1 Å². The number of aryl methyl sites for hydroxylation is 2. The lowest BCUT2D eigenvalue weighted by atomic mass is 9.89. The minimum Gasteiger partial charge on any atom is -0.0680 e. The van der Waals surface area contributed by atoms with Crippen LogP contribution >= 0.6 is 0 Å². The molecule has 2 rings (SSSR count). The molecule has 19 heavy (non-hydrogen) atoms. The minimum absolute atomic E-state index is 1.07. The van der Waals surface area contributed by atoms with E-state index in [4.69, 9.17) is 0 Å². The van der Waals surface area contributed by atoms with Gasteiger partial charge in [-0.1, -0.05) is 66.6 Å². The summed E-state index contributed by atoms with van der Waals surface area (Å²) >= 11 is 0. The molecule has 0 heterocycles. The van der Waals surface area contributed by atoms with E-state index in [1.165, 1.54) is 33.4 Å². The summed E-state index contributed by atoms with van der Waals surface area (Å²) in [6.45, 7) is 8.78. The molecule has 0 aliphatic heterocycles. The predicted molar refractivity (Wildman–Crippen MR) is 84.4 cm³/mol. The molecule has 2 aromatic rings. The van der Waals surface area contributed by atoms with Gasteiger partial charge in [0.1, 0.15) is 0 Å². The molecule has 0 heteroatoms. The molecule has 0 atom stereocenters. The van der Waals surface area contributed by atoms with Crippen LogP contribution in [-0.2, 0) is 6.42 Å². The van der Waals surface area contributed by atoms with Crippen LogP contribution in [0.5, 0.6) is 0 Å². The third-order valence-corrected chi connectivity index (χ3v) is 3.48.